The Morgan fingerprint density at radius 2 is 2.04 bits per heavy atom. The second kappa shape index (κ2) is 10.2. The van der Waals surface area contributed by atoms with Gasteiger partial charge in [0.1, 0.15) is 12.1 Å². The van der Waals surface area contributed by atoms with Crippen molar-refractivity contribution in [2.75, 3.05) is 38.1 Å². The first-order chi connectivity index (χ1) is 11.7. The number of carbonyl (C=O) groups excluding carboxylic acids is 1. The molecule has 2 heterocycles. The van der Waals surface area contributed by atoms with Crippen LogP contribution < -0.4 is 5.32 Å². The molecular weight excluding hydrogens is 304 g/mol. The van der Waals surface area contributed by atoms with Gasteiger partial charge in [-0.15, -0.1) is 0 Å². The lowest BCUT2D eigenvalue weighted by Gasteiger charge is -2.26. The molecule has 0 amide bonds. The van der Waals surface area contributed by atoms with Gasteiger partial charge in [-0.05, 0) is 45.7 Å². The number of ether oxygens (including phenoxy) is 1. The highest BCUT2D eigenvalue weighted by Gasteiger charge is 2.25. The molecule has 1 N–H and O–H groups in total. The van der Waals surface area contributed by atoms with Gasteiger partial charge >= 0.3 is 5.97 Å². The molecule has 6 nitrogen and oxygen atoms in total. The quantitative estimate of drug-likeness (QED) is 0.807. The predicted octanol–water partition coefficient (Wildman–Crippen LogP) is 2.82. The molecule has 0 unspecified atom stereocenters. The smallest absolute Gasteiger partial charge is 0.302 e. The van der Waals surface area contributed by atoms with Gasteiger partial charge in [0.25, 0.3) is 0 Å². The molecule has 1 aromatic rings. The standard InChI is InChI=1S/C14H22N4.C4H8O2/c1-2-7-18(8-3-1)9-6-15-14-10-13(12-4-5-12)16-11-17-14;1-3-6-4(2)5/h10-12H,1-9H2,(H,15,16,17);3H2,1-2H3. The molecule has 0 spiro atoms. The number of aromatic nitrogens is 2. The van der Waals surface area contributed by atoms with E-state index in [0.717, 1.165) is 18.9 Å². The average Bonchev–Trinajstić information content (AvgIpc) is 3.42. The monoisotopic (exact) mass is 334 g/mol. The molecule has 24 heavy (non-hydrogen) atoms. The van der Waals surface area contributed by atoms with Crippen LogP contribution in [0.4, 0.5) is 5.82 Å². The van der Waals surface area contributed by atoms with Crippen molar-refractivity contribution in [3.8, 4) is 0 Å². The number of esters is 1. The number of likely N-dealkylation sites (tertiary alicyclic amines) is 1. The number of carbonyl (C=O) groups is 1. The number of rotatable bonds is 6. The molecule has 134 valence electrons. The number of hydrogen-bond donors (Lipinski definition) is 1. The zero-order chi connectivity index (χ0) is 17.2. The van der Waals surface area contributed by atoms with Gasteiger partial charge in [0.15, 0.2) is 0 Å². The van der Waals surface area contributed by atoms with Gasteiger partial charge < -0.3 is 15.0 Å². The van der Waals surface area contributed by atoms with Crippen molar-refractivity contribution in [3.05, 3.63) is 18.1 Å². The van der Waals surface area contributed by atoms with Crippen LogP contribution in [0.2, 0.25) is 0 Å². The first-order valence-electron chi connectivity index (χ1n) is 9.10. The number of anilines is 1. The highest BCUT2D eigenvalue weighted by Crippen LogP contribution is 2.39. The van der Waals surface area contributed by atoms with E-state index in [9.17, 15) is 4.79 Å². The number of hydrogen-bond acceptors (Lipinski definition) is 6. The highest BCUT2D eigenvalue weighted by molar-refractivity contribution is 5.65. The third-order valence-electron chi connectivity index (χ3n) is 4.21. The van der Waals surface area contributed by atoms with Gasteiger partial charge in [-0.25, -0.2) is 9.97 Å². The van der Waals surface area contributed by atoms with Crippen molar-refractivity contribution in [2.24, 2.45) is 0 Å². The van der Waals surface area contributed by atoms with Gasteiger partial charge in [-0.1, -0.05) is 6.42 Å². The summed E-state index contributed by atoms with van der Waals surface area (Å²) in [6.45, 7) is 8.29. The van der Waals surface area contributed by atoms with Crippen LogP contribution in [0, 0.1) is 0 Å². The third-order valence-corrected chi connectivity index (χ3v) is 4.21. The molecule has 0 radical (unpaired) electrons. The Morgan fingerprint density at radius 1 is 1.29 bits per heavy atom. The fraction of sp³-hybridized carbons (Fsp3) is 0.722. The highest BCUT2D eigenvalue weighted by atomic mass is 16.5. The summed E-state index contributed by atoms with van der Waals surface area (Å²) in [6, 6.07) is 2.12. The van der Waals surface area contributed by atoms with E-state index >= 15 is 0 Å². The topological polar surface area (TPSA) is 67.3 Å². The Labute approximate surface area is 145 Å². The number of nitrogens with zero attached hydrogens (tertiary/aromatic N) is 3. The number of nitrogens with one attached hydrogen (secondary N) is 1. The minimum Gasteiger partial charge on any atom is -0.466 e. The Balaban J connectivity index is 0.000000301. The Hall–Kier alpha value is -1.69. The van der Waals surface area contributed by atoms with Gasteiger partial charge in [0.2, 0.25) is 0 Å². The van der Waals surface area contributed by atoms with E-state index in [-0.39, 0.29) is 5.97 Å². The first kappa shape index (κ1) is 18.6. The second-order valence-electron chi connectivity index (χ2n) is 6.36. The SMILES string of the molecule is CCOC(C)=O.c1nc(NCCN2CCCCC2)cc(C2CC2)n1. The molecule has 1 saturated carbocycles. The van der Waals surface area contributed by atoms with Crippen LogP contribution in [0.3, 0.4) is 0 Å². The summed E-state index contributed by atoms with van der Waals surface area (Å²) < 4.78 is 4.40. The molecule has 1 aliphatic heterocycles. The van der Waals surface area contributed by atoms with E-state index in [2.05, 4.69) is 31.0 Å². The van der Waals surface area contributed by atoms with Crippen molar-refractivity contribution in [2.45, 2.75) is 51.9 Å². The molecule has 1 saturated heterocycles. The Morgan fingerprint density at radius 3 is 2.62 bits per heavy atom. The summed E-state index contributed by atoms with van der Waals surface area (Å²) in [5.41, 5.74) is 1.21. The van der Waals surface area contributed by atoms with Crippen LogP contribution in [-0.4, -0.2) is 53.6 Å². The molecule has 3 rings (SSSR count). The van der Waals surface area contributed by atoms with Gasteiger partial charge in [0.05, 0.1) is 6.61 Å². The summed E-state index contributed by atoms with van der Waals surface area (Å²) in [7, 11) is 0. The van der Waals surface area contributed by atoms with E-state index in [0.29, 0.717) is 12.5 Å². The normalized spacial score (nSPS) is 17.6. The summed E-state index contributed by atoms with van der Waals surface area (Å²) in [4.78, 5) is 21.0. The van der Waals surface area contributed by atoms with Crippen LogP contribution in [-0.2, 0) is 9.53 Å². The van der Waals surface area contributed by atoms with Crippen molar-refractivity contribution in [1.82, 2.24) is 14.9 Å². The Bertz CT molecular complexity index is 500. The minimum absolute atomic E-state index is 0.211. The van der Waals surface area contributed by atoms with Gasteiger partial charge in [-0.3, -0.25) is 4.79 Å². The van der Waals surface area contributed by atoms with Crippen LogP contribution in [0.1, 0.15) is 57.6 Å². The van der Waals surface area contributed by atoms with Crippen molar-refractivity contribution in [1.29, 1.82) is 0 Å². The van der Waals surface area contributed by atoms with Crippen molar-refractivity contribution < 1.29 is 9.53 Å². The van der Waals surface area contributed by atoms with Crippen molar-refractivity contribution >= 4 is 11.8 Å². The molecule has 0 aromatic carbocycles. The maximum atomic E-state index is 9.82. The van der Waals surface area contributed by atoms with Crippen LogP contribution in [0.15, 0.2) is 12.4 Å². The molecule has 0 bridgehead atoms. The average molecular weight is 334 g/mol. The van der Waals surface area contributed by atoms with E-state index in [1.165, 1.54) is 57.8 Å². The fourth-order valence-corrected chi connectivity index (χ4v) is 2.80. The number of piperidine rings is 1. The summed E-state index contributed by atoms with van der Waals surface area (Å²) >= 11 is 0. The summed E-state index contributed by atoms with van der Waals surface area (Å²) in [5.74, 6) is 1.48. The maximum Gasteiger partial charge on any atom is 0.302 e. The van der Waals surface area contributed by atoms with E-state index in [1.54, 1.807) is 13.3 Å². The van der Waals surface area contributed by atoms with E-state index in [4.69, 9.17) is 0 Å². The van der Waals surface area contributed by atoms with Gasteiger partial charge in [-0.2, -0.15) is 0 Å². The first-order valence-corrected chi connectivity index (χ1v) is 9.10. The van der Waals surface area contributed by atoms with E-state index < -0.39 is 0 Å². The molecule has 2 aliphatic rings. The Kier molecular flexibility index (Phi) is 7.95. The lowest BCUT2D eigenvalue weighted by Crippen LogP contribution is -2.33. The summed E-state index contributed by atoms with van der Waals surface area (Å²) in [6.07, 6.45) is 8.41. The third kappa shape index (κ3) is 7.25. The van der Waals surface area contributed by atoms with Crippen molar-refractivity contribution in [3.63, 3.8) is 0 Å². The van der Waals surface area contributed by atoms with E-state index in [1.807, 2.05) is 0 Å². The molecule has 0 atom stereocenters. The molecular formula is C18H30N4O2. The maximum absolute atomic E-state index is 9.82. The summed E-state index contributed by atoms with van der Waals surface area (Å²) in [5, 5.41) is 3.42. The predicted molar refractivity (Wildman–Crippen MR) is 95.1 cm³/mol. The lowest BCUT2D eigenvalue weighted by molar-refractivity contribution is -0.140. The largest absolute Gasteiger partial charge is 0.466 e. The molecule has 2 fully saturated rings. The second-order valence-corrected chi connectivity index (χ2v) is 6.36. The van der Waals surface area contributed by atoms with Crippen LogP contribution in [0.5, 0.6) is 0 Å². The molecule has 1 aliphatic carbocycles. The molecule has 1 aromatic heterocycles. The minimum atomic E-state index is -0.211. The fourth-order valence-electron chi connectivity index (χ4n) is 2.80. The van der Waals surface area contributed by atoms with Gasteiger partial charge in [0, 0.05) is 37.7 Å². The lowest BCUT2D eigenvalue weighted by atomic mass is 10.1. The zero-order valence-electron chi connectivity index (χ0n) is 15.0. The van der Waals surface area contributed by atoms with Crippen LogP contribution in [0.25, 0.3) is 0 Å². The molecule has 6 heteroatoms. The van der Waals surface area contributed by atoms with Crippen LogP contribution >= 0.6 is 0 Å². The zero-order valence-corrected chi connectivity index (χ0v) is 15.0.